The molecular formula is C21H21F2N7. The topological polar surface area (TPSA) is 73.5 Å². The molecule has 30 heavy (non-hydrogen) atoms. The van der Waals surface area contributed by atoms with Crippen molar-refractivity contribution in [1.29, 1.82) is 0 Å². The van der Waals surface area contributed by atoms with Gasteiger partial charge in [-0.3, -0.25) is 4.68 Å². The molecule has 1 N–H and O–H groups in total. The van der Waals surface area contributed by atoms with Crippen LogP contribution in [0.5, 0.6) is 0 Å². The molecule has 0 saturated carbocycles. The number of aryl methyl sites for hydroxylation is 2. The summed E-state index contributed by atoms with van der Waals surface area (Å²) in [7, 11) is 1.84. The van der Waals surface area contributed by atoms with E-state index in [1.165, 1.54) is 23.1 Å². The highest BCUT2D eigenvalue weighted by Gasteiger charge is 2.18. The van der Waals surface area contributed by atoms with Gasteiger partial charge in [0.15, 0.2) is 17.5 Å². The Hall–Kier alpha value is -3.62. The standard InChI is InChI=1S/C21H21F2N7/c1-5-16-20(14-6-8-15(22)9-7-14)29(4)28-21(16)26-17-10-18(25-11-24-17)30-13(3)19(23)12(2)27-30/h6-11H,5H2,1-4H3,(H,24,25,26,28). The zero-order valence-electron chi connectivity index (χ0n) is 17.1. The summed E-state index contributed by atoms with van der Waals surface area (Å²) in [4.78, 5) is 8.47. The summed E-state index contributed by atoms with van der Waals surface area (Å²) < 4.78 is 30.6. The fourth-order valence-corrected chi connectivity index (χ4v) is 3.47. The van der Waals surface area contributed by atoms with Gasteiger partial charge < -0.3 is 5.32 Å². The number of hydrogen-bond acceptors (Lipinski definition) is 5. The maximum atomic E-state index is 14.0. The summed E-state index contributed by atoms with van der Waals surface area (Å²) in [5.41, 5.74) is 3.43. The highest BCUT2D eigenvalue weighted by atomic mass is 19.1. The number of hydrogen-bond donors (Lipinski definition) is 1. The van der Waals surface area contributed by atoms with Gasteiger partial charge in [0.2, 0.25) is 0 Å². The number of nitrogens with zero attached hydrogens (tertiary/aromatic N) is 6. The number of halogens is 2. The fourth-order valence-electron chi connectivity index (χ4n) is 3.47. The number of benzene rings is 1. The first-order valence-electron chi connectivity index (χ1n) is 9.52. The van der Waals surface area contributed by atoms with Gasteiger partial charge in [-0.2, -0.15) is 10.2 Å². The Morgan fingerprint density at radius 1 is 1.03 bits per heavy atom. The Morgan fingerprint density at radius 2 is 1.77 bits per heavy atom. The summed E-state index contributed by atoms with van der Waals surface area (Å²) >= 11 is 0. The number of rotatable bonds is 5. The molecule has 154 valence electrons. The van der Waals surface area contributed by atoms with Crippen LogP contribution >= 0.6 is 0 Å². The van der Waals surface area contributed by atoms with Crippen LogP contribution in [-0.4, -0.2) is 29.5 Å². The van der Waals surface area contributed by atoms with Crippen LogP contribution in [-0.2, 0) is 13.5 Å². The van der Waals surface area contributed by atoms with Crippen LogP contribution in [0.15, 0.2) is 36.7 Å². The van der Waals surface area contributed by atoms with Gasteiger partial charge in [-0.05, 0) is 44.5 Å². The number of nitrogens with one attached hydrogen (secondary N) is 1. The highest BCUT2D eigenvalue weighted by Crippen LogP contribution is 2.31. The molecule has 7 nitrogen and oxygen atoms in total. The molecule has 1 aromatic carbocycles. The Morgan fingerprint density at radius 3 is 2.40 bits per heavy atom. The van der Waals surface area contributed by atoms with Gasteiger partial charge in [-0.15, -0.1) is 0 Å². The molecule has 0 aliphatic heterocycles. The Bertz CT molecular complexity index is 1210. The minimum Gasteiger partial charge on any atom is -0.323 e. The lowest BCUT2D eigenvalue weighted by Crippen LogP contribution is -2.05. The molecule has 4 rings (SSSR count). The summed E-state index contributed by atoms with van der Waals surface area (Å²) in [6.45, 7) is 5.28. The molecule has 0 aliphatic rings. The van der Waals surface area contributed by atoms with E-state index in [2.05, 4.69) is 25.5 Å². The molecule has 0 fully saturated rings. The molecule has 0 radical (unpaired) electrons. The van der Waals surface area contributed by atoms with E-state index < -0.39 is 0 Å². The first-order valence-corrected chi connectivity index (χ1v) is 9.52. The third-order valence-electron chi connectivity index (χ3n) is 4.94. The third-order valence-corrected chi connectivity index (χ3v) is 4.94. The van der Waals surface area contributed by atoms with Gasteiger partial charge in [0.25, 0.3) is 0 Å². The smallest absolute Gasteiger partial charge is 0.167 e. The van der Waals surface area contributed by atoms with E-state index in [-0.39, 0.29) is 11.6 Å². The second-order valence-corrected chi connectivity index (χ2v) is 6.94. The monoisotopic (exact) mass is 409 g/mol. The normalized spacial score (nSPS) is 11.1. The first-order chi connectivity index (χ1) is 14.4. The van der Waals surface area contributed by atoms with E-state index in [1.807, 2.05) is 14.0 Å². The minimum absolute atomic E-state index is 0.286. The maximum absolute atomic E-state index is 14.0. The molecule has 0 atom stereocenters. The van der Waals surface area contributed by atoms with Gasteiger partial charge in [-0.25, -0.2) is 23.4 Å². The van der Waals surface area contributed by atoms with Crippen LogP contribution < -0.4 is 5.32 Å². The molecule has 4 aromatic rings. The van der Waals surface area contributed by atoms with E-state index in [1.54, 1.807) is 36.7 Å². The lowest BCUT2D eigenvalue weighted by molar-refractivity contribution is 0.608. The Kier molecular flexibility index (Phi) is 5.03. The third kappa shape index (κ3) is 3.42. The summed E-state index contributed by atoms with van der Waals surface area (Å²) in [6.07, 6.45) is 2.10. The van der Waals surface area contributed by atoms with Crippen molar-refractivity contribution in [2.24, 2.45) is 7.05 Å². The summed E-state index contributed by atoms with van der Waals surface area (Å²) in [5, 5.41) is 12.0. The van der Waals surface area contributed by atoms with Crippen molar-refractivity contribution in [3.8, 4) is 17.1 Å². The second kappa shape index (κ2) is 7.66. The molecule has 9 heteroatoms. The van der Waals surface area contributed by atoms with Crippen molar-refractivity contribution in [3.63, 3.8) is 0 Å². The summed E-state index contributed by atoms with van der Waals surface area (Å²) in [6, 6.07) is 8.01. The second-order valence-electron chi connectivity index (χ2n) is 6.94. The Balaban J connectivity index is 1.71. The molecule has 0 amide bonds. The highest BCUT2D eigenvalue weighted by molar-refractivity contribution is 5.72. The van der Waals surface area contributed by atoms with Crippen molar-refractivity contribution in [1.82, 2.24) is 29.5 Å². The van der Waals surface area contributed by atoms with Crippen molar-refractivity contribution >= 4 is 11.6 Å². The lowest BCUT2D eigenvalue weighted by atomic mass is 10.1. The van der Waals surface area contributed by atoms with Crippen LogP contribution in [0.4, 0.5) is 20.4 Å². The van der Waals surface area contributed by atoms with Gasteiger partial charge in [0, 0.05) is 24.2 Å². The predicted octanol–water partition coefficient (Wildman–Crippen LogP) is 4.26. The molecule has 0 saturated heterocycles. The molecule has 3 aromatic heterocycles. The minimum atomic E-state index is -0.356. The van der Waals surface area contributed by atoms with Gasteiger partial charge in [-0.1, -0.05) is 6.92 Å². The largest absolute Gasteiger partial charge is 0.323 e. The van der Waals surface area contributed by atoms with Gasteiger partial charge in [0.1, 0.15) is 18.0 Å². The van der Waals surface area contributed by atoms with Crippen LogP contribution in [0, 0.1) is 25.5 Å². The maximum Gasteiger partial charge on any atom is 0.167 e. The van der Waals surface area contributed by atoms with Crippen LogP contribution in [0.1, 0.15) is 23.9 Å². The molecule has 0 unspecified atom stereocenters. The van der Waals surface area contributed by atoms with E-state index in [0.29, 0.717) is 35.3 Å². The fraction of sp³-hybridized carbons (Fsp3) is 0.238. The predicted molar refractivity (Wildman–Crippen MR) is 110 cm³/mol. The molecule has 3 heterocycles. The van der Waals surface area contributed by atoms with E-state index in [0.717, 1.165) is 16.8 Å². The quantitative estimate of drug-likeness (QED) is 0.533. The van der Waals surface area contributed by atoms with Crippen molar-refractivity contribution in [2.75, 3.05) is 5.32 Å². The lowest BCUT2D eigenvalue weighted by Gasteiger charge is -2.08. The van der Waals surface area contributed by atoms with Crippen molar-refractivity contribution in [2.45, 2.75) is 27.2 Å². The van der Waals surface area contributed by atoms with Gasteiger partial charge >= 0.3 is 0 Å². The molecule has 0 aliphatic carbocycles. The van der Waals surface area contributed by atoms with Crippen LogP contribution in [0.2, 0.25) is 0 Å². The van der Waals surface area contributed by atoms with Crippen molar-refractivity contribution in [3.05, 3.63) is 65.2 Å². The van der Waals surface area contributed by atoms with Crippen molar-refractivity contribution < 1.29 is 8.78 Å². The number of anilines is 2. The van der Waals surface area contributed by atoms with E-state index >= 15 is 0 Å². The van der Waals surface area contributed by atoms with E-state index in [9.17, 15) is 8.78 Å². The zero-order valence-corrected chi connectivity index (χ0v) is 17.1. The first kappa shape index (κ1) is 19.7. The van der Waals surface area contributed by atoms with E-state index in [4.69, 9.17) is 0 Å². The molecular weight excluding hydrogens is 388 g/mol. The Labute approximate surface area is 172 Å². The summed E-state index contributed by atoms with van der Waals surface area (Å²) in [5.74, 6) is 0.955. The SMILES string of the molecule is CCc1c(Nc2cc(-n3nc(C)c(F)c3C)ncn2)nn(C)c1-c1ccc(F)cc1. The van der Waals surface area contributed by atoms with Crippen LogP contribution in [0.3, 0.4) is 0 Å². The average Bonchev–Trinajstić information content (AvgIpc) is 3.19. The molecule has 0 spiro atoms. The van der Waals surface area contributed by atoms with Crippen LogP contribution in [0.25, 0.3) is 17.1 Å². The average molecular weight is 409 g/mol. The number of aromatic nitrogens is 6. The van der Waals surface area contributed by atoms with Gasteiger partial charge in [0.05, 0.1) is 17.1 Å². The zero-order chi connectivity index (χ0) is 21.4. The molecule has 0 bridgehead atoms.